The van der Waals surface area contributed by atoms with Crippen molar-refractivity contribution in [2.24, 2.45) is 5.92 Å². The van der Waals surface area contributed by atoms with Crippen LogP contribution >= 0.6 is 0 Å². The lowest BCUT2D eigenvalue weighted by Gasteiger charge is -2.35. The Labute approximate surface area is 222 Å². The number of pyridine rings is 1. The zero-order valence-electron chi connectivity index (χ0n) is 23.2. The van der Waals surface area contributed by atoms with E-state index in [-0.39, 0.29) is 35.2 Å². The second-order valence-electron chi connectivity index (χ2n) is 11.9. The van der Waals surface area contributed by atoms with E-state index in [0.717, 1.165) is 55.2 Å². The molecule has 1 aliphatic heterocycles. The predicted molar refractivity (Wildman–Crippen MR) is 149 cm³/mol. The molecule has 2 amide bonds. The van der Waals surface area contributed by atoms with Crippen molar-refractivity contribution in [3.8, 4) is 11.1 Å². The van der Waals surface area contributed by atoms with Gasteiger partial charge >= 0.3 is 0 Å². The van der Waals surface area contributed by atoms with Crippen LogP contribution in [0.15, 0.2) is 42.7 Å². The first-order valence-electron chi connectivity index (χ1n) is 14.0. The number of carbonyl (C=O) groups excluding carboxylic acids is 2. The second-order valence-corrected chi connectivity index (χ2v) is 11.9. The van der Waals surface area contributed by atoms with Crippen LogP contribution in [0.4, 0.5) is 0 Å². The maximum absolute atomic E-state index is 14.0. The van der Waals surface area contributed by atoms with Crippen LogP contribution in [-0.4, -0.2) is 47.4 Å². The van der Waals surface area contributed by atoms with Gasteiger partial charge in [-0.1, -0.05) is 64.3 Å². The Kier molecular flexibility index (Phi) is 8.68. The van der Waals surface area contributed by atoms with Crippen molar-refractivity contribution in [1.29, 1.82) is 0 Å². The van der Waals surface area contributed by atoms with E-state index >= 15 is 0 Å². The van der Waals surface area contributed by atoms with E-state index in [1.165, 1.54) is 12.0 Å². The lowest BCUT2D eigenvalue weighted by Crippen LogP contribution is -2.55. The third-order valence-corrected chi connectivity index (χ3v) is 8.28. The van der Waals surface area contributed by atoms with Gasteiger partial charge in [0.2, 0.25) is 11.8 Å². The van der Waals surface area contributed by atoms with Crippen LogP contribution in [0.1, 0.15) is 89.8 Å². The van der Waals surface area contributed by atoms with E-state index in [0.29, 0.717) is 6.54 Å². The Hall–Kier alpha value is -2.73. The maximum Gasteiger partial charge on any atom is 0.245 e. The molecule has 0 bridgehead atoms. The SMILES string of the molecule is CNC(C)C(=O)NC(C(=O)N1CCCC1c1cncc(-c2ccc(C(C)(C)C)cc2)c1)C1CCCCC1. The van der Waals surface area contributed by atoms with Gasteiger partial charge in [-0.05, 0) is 73.7 Å². The fourth-order valence-electron chi connectivity index (χ4n) is 5.77. The molecule has 1 aromatic carbocycles. The van der Waals surface area contributed by atoms with E-state index in [1.54, 1.807) is 7.05 Å². The molecule has 2 aromatic rings. The molecule has 1 aromatic heterocycles. The van der Waals surface area contributed by atoms with Gasteiger partial charge in [-0.3, -0.25) is 14.6 Å². The van der Waals surface area contributed by atoms with Crippen molar-refractivity contribution in [2.75, 3.05) is 13.6 Å². The molecule has 2 fully saturated rings. The van der Waals surface area contributed by atoms with Crippen LogP contribution in [-0.2, 0) is 15.0 Å². The number of carbonyl (C=O) groups is 2. The summed E-state index contributed by atoms with van der Waals surface area (Å²) in [4.78, 5) is 33.4. The molecule has 3 atom stereocenters. The normalized spacial score (nSPS) is 20.5. The minimum atomic E-state index is -0.467. The Bertz CT molecular complexity index is 1070. The number of benzene rings is 1. The van der Waals surface area contributed by atoms with Gasteiger partial charge in [-0.2, -0.15) is 0 Å². The highest BCUT2D eigenvalue weighted by Gasteiger charge is 2.39. The first-order chi connectivity index (χ1) is 17.7. The third kappa shape index (κ3) is 6.40. The molecule has 0 radical (unpaired) electrons. The fraction of sp³-hybridized carbons (Fsp3) is 0.581. The first kappa shape index (κ1) is 27.3. The Balaban J connectivity index is 1.57. The van der Waals surface area contributed by atoms with Gasteiger partial charge in [-0.15, -0.1) is 0 Å². The van der Waals surface area contributed by atoms with E-state index in [1.807, 2.05) is 24.2 Å². The molecule has 0 spiro atoms. The summed E-state index contributed by atoms with van der Waals surface area (Å²) in [5.74, 6) is 0.150. The molecule has 1 saturated heterocycles. The largest absolute Gasteiger partial charge is 0.343 e. The molecule has 3 unspecified atom stereocenters. The molecule has 37 heavy (non-hydrogen) atoms. The fourth-order valence-corrected chi connectivity index (χ4v) is 5.77. The highest BCUT2D eigenvalue weighted by molar-refractivity contribution is 5.90. The summed E-state index contributed by atoms with van der Waals surface area (Å²) >= 11 is 0. The van der Waals surface area contributed by atoms with Gasteiger partial charge in [0.15, 0.2) is 0 Å². The zero-order chi connectivity index (χ0) is 26.6. The summed E-state index contributed by atoms with van der Waals surface area (Å²) in [5, 5.41) is 6.14. The standard InChI is InChI=1S/C31H44N4O2/c1-21(32-5)29(36)34-28(23-10-7-6-8-11-23)30(37)35-17-9-12-27(35)25-18-24(19-33-20-25)22-13-15-26(16-14-22)31(2,3)4/h13-16,18-21,23,27-28,32H,6-12,17H2,1-5H3,(H,34,36). The second kappa shape index (κ2) is 11.8. The number of hydrogen-bond donors (Lipinski definition) is 2. The van der Waals surface area contributed by atoms with Gasteiger partial charge in [0.05, 0.1) is 12.1 Å². The van der Waals surface area contributed by atoms with E-state index < -0.39 is 6.04 Å². The lowest BCUT2D eigenvalue weighted by atomic mass is 9.83. The number of rotatable bonds is 7. The number of likely N-dealkylation sites (N-methyl/N-ethyl adjacent to an activating group) is 1. The van der Waals surface area contributed by atoms with Crippen molar-refractivity contribution in [3.05, 3.63) is 53.9 Å². The molecular formula is C31H44N4O2. The zero-order valence-corrected chi connectivity index (χ0v) is 23.2. The van der Waals surface area contributed by atoms with E-state index in [9.17, 15) is 9.59 Å². The summed E-state index contributed by atoms with van der Waals surface area (Å²) < 4.78 is 0. The number of nitrogens with zero attached hydrogens (tertiary/aromatic N) is 2. The summed E-state index contributed by atoms with van der Waals surface area (Å²) in [6.45, 7) is 9.21. The predicted octanol–water partition coefficient (Wildman–Crippen LogP) is 5.38. The lowest BCUT2D eigenvalue weighted by molar-refractivity contribution is -0.139. The highest BCUT2D eigenvalue weighted by Crippen LogP contribution is 2.36. The monoisotopic (exact) mass is 504 g/mol. The van der Waals surface area contributed by atoms with Crippen LogP contribution in [0.25, 0.3) is 11.1 Å². The Morgan fingerprint density at radius 1 is 0.973 bits per heavy atom. The van der Waals surface area contributed by atoms with E-state index in [2.05, 4.69) is 66.7 Å². The summed E-state index contributed by atoms with van der Waals surface area (Å²) in [7, 11) is 1.77. The van der Waals surface area contributed by atoms with Gasteiger partial charge in [-0.25, -0.2) is 0 Å². The van der Waals surface area contributed by atoms with Crippen molar-refractivity contribution < 1.29 is 9.59 Å². The Morgan fingerprint density at radius 2 is 1.68 bits per heavy atom. The molecule has 1 saturated carbocycles. The molecule has 6 nitrogen and oxygen atoms in total. The van der Waals surface area contributed by atoms with Crippen molar-refractivity contribution >= 4 is 11.8 Å². The molecule has 2 heterocycles. The average molecular weight is 505 g/mol. The summed E-state index contributed by atoms with van der Waals surface area (Å²) in [5.41, 5.74) is 4.68. The number of hydrogen-bond acceptors (Lipinski definition) is 4. The number of nitrogens with one attached hydrogen (secondary N) is 2. The molecule has 2 aliphatic rings. The number of aromatic nitrogens is 1. The van der Waals surface area contributed by atoms with Crippen LogP contribution < -0.4 is 10.6 Å². The quantitative estimate of drug-likeness (QED) is 0.531. The molecular weight excluding hydrogens is 460 g/mol. The van der Waals surface area contributed by atoms with Crippen molar-refractivity contribution in [3.63, 3.8) is 0 Å². The van der Waals surface area contributed by atoms with Crippen LogP contribution in [0.3, 0.4) is 0 Å². The van der Waals surface area contributed by atoms with Gasteiger partial charge < -0.3 is 15.5 Å². The molecule has 4 rings (SSSR count). The molecule has 2 N–H and O–H groups in total. The molecule has 200 valence electrons. The highest BCUT2D eigenvalue weighted by atomic mass is 16.2. The summed E-state index contributed by atoms with van der Waals surface area (Å²) in [6.07, 6.45) is 11.1. The Morgan fingerprint density at radius 3 is 2.32 bits per heavy atom. The third-order valence-electron chi connectivity index (χ3n) is 8.28. The van der Waals surface area contributed by atoms with E-state index in [4.69, 9.17) is 0 Å². The maximum atomic E-state index is 14.0. The topological polar surface area (TPSA) is 74.3 Å². The van der Waals surface area contributed by atoms with Crippen LogP contribution in [0.2, 0.25) is 0 Å². The average Bonchev–Trinajstić information content (AvgIpc) is 3.41. The van der Waals surface area contributed by atoms with Crippen molar-refractivity contribution in [1.82, 2.24) is 20.5 Å². The summed E-state index contributed by atoms with van der Waals surface area (Å²) in [6, 6.07) is 10.1. The van der Waals surface area contributed by atoms with Gasteiger partial charge in [0, 0.05) is 24.5 Å². The van der Waals surface area contributed by atoms with Gasteiger partial charge in [0.25, 0.3) is 0 Å². The number of likely N-dealkylation sites (tertiary alicyclic amines) is 1. The number of amides is 2. The molecule has 6 heteroatoms. The van der Waals surface area contributed by atoms with Crippen LogP contribution in [0.5, 0.6) is 0 Å². The van der Waals surface area contributed by atoms with Gasteiger partial charge in [0.1, 0.15) is 6.04 Å². The smallest absolute Gasteiger partial charge is 0.245 e. The van der Waals surface area contributed by atoms with Crippen LogP contribution in [0, 0.1) is 5.92 Å². The minimum absolute atomic E-state index is 0.0153. The minimum Gasteiger partial charge on any atom is -0.343 e. The first-order valence-corrected chi connectivity index (χ1v) is 14.0. The van der Waals surface area contributed by atoms with Crippen molar-refractivity contribution in [2.45, 2.75) is 96.2 Å². The molecule has 1 aliphatic carbocycles.